The quantitative estimate of drug-likeness (QED) is 0.147. The summed E-state index contributed by atoms with van der Waals surface area (Å²) in [7, 11) is -6.91. The lowest BCUT2D eigenvalue weighted by Gasteiger charge is -2.36. The van der Waals surface area contributed by atoms with Crippen LogP contribution in [0.5, 0.6) is 0 Å². The van der Waals surface area contributed by atoms with Crippen LogP contribution in [0, 0.1) is 0 Å². The highest BCUT2D eigenvalue weighted by atomic mass is 32.2. The van der Waals surface area contributed by atoms with Gasteiger partial charge in [-0.15, -0.1) is 0 Å². The summed E-state index contributed by atoms with van der Waals surface area (Å²) in [6.45, 7) is 3.62. The second kappa shape index (κ2) is 12.4. The first-order chi connectivity index (χ1) is 18.7. The average molecular weight is 568 g/mol. The molecule has 2 atom stereocenters. The lowest BCUT2D eigenvalue weighted by molar-refractivity contribution is 0.209. The Morgan fingerprint density at radius 2 is 1.33 bits per heavy atom. The molecule has 0 saturated carbocycles. The van der Waals surface area contributed by atoms with Crippen LogP contribution in [-0.4, -0.2) is 48.8 Å². The summed E-state index contributed by atoms with van der Waals surface area (Å²) in [6.07, 6.45) is 2.97. The van der Waals surface area contributed by atoms with Gasteiger partial charge in [0, 0.05) is 12.4 Å². The van der Waals surface area contributed by atoms with Crippen molar-refractivity contribution in [2.75, 3.05) is 25.6 Å². The van der Waals surface area contributed by atoms with Crippen LogP contribution in [0.15, 0.2) is 97.3 Å². The van der Waals surface area contributed by atoms with Gasteiger partial charge < -0.3 is 9.05 Å². The smallest absolute Gasteiger partial charge is 0.309 e. The number of rotatable bonds is 13. The molecule has 0 bridgehead atoms. The zero-order valence-corrected chi connectivity index (χ0v) is 24.1. The van der Waals surface area contributed by atoms with E-state index < -0.39 is 28.2 Å². The van der Waals surface area contributed by atoms with Crippen LogP contribution in [0.25, 0.3) is 0 Å². The Balaban J connectivity index is 1.82. The Morgan fingerprint density at radius 1 is 0.846 bits per heavy atom. The van der Waals surface area contributed by atoms with Crippen molar-refractivity contribution < 1.29 is 22.0 Å². The molecule has 1 heterocycles. The molecule has 0 fully saturated rings. The Bertz CT molecular complexity index is 1400. The van der Waals surface area contributed by atoms with Gasteiger partial charge in [0.2, 0.25) is 0 Å². The van der Waals surface area contributed by atoms with Gasteiger partial charge in [-0.1, -0.05) is 97.9 Å². The fourth-order valence-electron chi connectivity index (χ4n) is 4.77. The molecule has 4 rings (SSSR count). The van der Waals surface area contributed by atoms with Gasteiger partial charge in [0.25, 0.3) is 0 Å². The maximum atomic E-state index is 12.9. The maximum Gasteiger partial charge on any atom is 0.330 e. The third-order valence-electron chi connectivity index (χ3n) is 6.61. The summed E-state index contributed by atoms with van der Waals surface area (Å²) in [5.41, 5.74) is 1.91. The first kappa shape index (κ1) is 28.9. The molecule has 8 nitrogen and oxygen atoms in total. The van der Waals surface area contributed by atoms with Crippen LogP contribution in [0.4, 0.5) is 0 Å². The molecule has 39 heavy (non-hydrogen) atoms. The average Bonchev–Trinajstić information content (AvgIpc) is 3.42. The monoisotopic (exact) mass is 567 g/mol. The first-order valence-corrected chi connectivity index (χ1v) is 16.6. The molecule has 0 saturated heterocycles. The molecule has 0 spiro atoms. The molecule has 2 unspecified atom stereocenters. The van der Waals surface area contributed by atoms with E-state index >= 15 is 0 Å². The minimum atomic E-state index is -3.63. The van der Waals surface area contributed by atoms with Crippen LogP contribution >= 0.6 is 7.60 Å². The van der Waals surface area contributed by atoms with Crippen molar-refractivity contribution in [2.24, 2.45) is 0 Å². The normalized spacial score (nSPS) is 14.5. The number of sulfone groups is 1. The van der Waals surface area contributed by atoms with Crippen molar-refractivity contribution in [1.29, 1.82) is 0 Å². The molecule has 206 valence electrons. The standard InChI is InChI=1S/C29H34N3O5PS/c1-4-36-38(33,5-2)37-22-21-27(39(3,34)35)28-30-23-32(31-28)29(24-15-9-6-10-16-24,25-17-11-7-12-18-25)26-19-13-8-14-20-26/h6-20,23,27H,4-5,21-22H2,1-3H3. The van der Waals surface area contributed by atoms with E-state index in [4.69, 9.17) is 14.1 Å². The molecule has 0 radical (unpaired) electrons. The molecule has 0 aliphatic heterocycles. The molecular weight excluding hydrogens is 533 g/mol. The SMILES string of the molecule is CCOP(=O)(CC)OCCC(c1ncn(C(c2ccccc2)(c2ccccc2)c2ccccc2)n1)S(C)(=O)=O. The molecule has 0 aliphatic carbocycles. The lowest BCUT2D eigenvalue weighted by atomic mass is 9.77. The van der Waals surface area contributed by atoms with Crippen LogP contribution in [0.3, 0.4) is 0 Å². The summed E-state index contributed by atoms with van der Waals surface area (Å²) in [4.78, 5) is 4.51. The van der Waals surface area contributed by atoms with Crippen molar-refractivity contribution in [1.82, 2.24) is 14.8 Å². The number of aromatic nitrogens is 3. The topological polar surface area (TPSA) is 100 Å². The summed E-state index contributed by atoms with van der Waals surface area (Å²) in [5, 5.41) is 3.77. The molecule has 4 aromatic rings. The maximum absolute atomic E-state index is 12.9. The zero-order chi connectivity index (χ0) is 27.9. The molecule has 3 aromatic carbocycles. The summed E-state index contributed by atoms with van der Waals surface area (Å²) < 4.78 is 51.1. The third-order valence-corrected chi connectivity index (χ3v) is 10.1. The van der Waals surface area contributed by atoms with Crippen LogP contribution in [0.1, 0.15) is 48.0 Å². The molecule has 0 N–H and O–H groups in total. The highest BCUT2D eigenvalue weighted by Crippen LogP contribution is 2.48. The predicted octanol–water partition coefficient (Wildman–Crippen LogP) is 5.86. The number of benzene rings is 3. The van der Waals surface area contributed by atoms with Crippen LogP contribution in [-0.2, 0) is 29.0 Å². The Morgan fingerprint density at radius 3 is 1.74 bits per heavy atom. The number of hydrogen-bond acceptors (Lipinski definition) is 7. The van der Waals surface area contributed by atoms with Crippen LogP contribution < -0.4 is 0 Å². The number of nitrogens with zero attached hydrogens (tertiary/aromatic N) is 3. The van der Waals surface area contributed by atoms with Gasteiger partial charge in [-0.3, -0.25) is 4.57 Å². The fourth-order valence-corrected chi connectivity index (χ4v) is 7.00. The van der Waals surface area contributed by atoms with Gasteiger partial charge in [-0.25, -0.2) is 18.1 Å². The van der Waals surface area contributed by atoms with Gasteiger partial charge in [-0.2, -0.15) is 5.10 Å². The van der Waals surface area contributed by atoms with Gasteiger partial charge in [-0.05, 0) is 30.0 Å². The first-order valence-electron chi connectivity index (χ1n) is 12.9. The van der Waals surface area contributed by atoms with E-state index in [9.17, 15) is 13.0 Å². The summed E-state index contributed by atoms with van der Waals surface area (Å²) in [5.74, 6) is 0.149. The summed E-state index contributed by atoms with van der Waals surface area (Å²) in [6, 6.07) is 29.8. The zero-order valence-electron chi connectivity index (χ0n) is 22.4. The highest BCUT2D eigenvalue weighted by Gasteiger charge is 2.40. The van der Waals surface area contributed by atoms with Crippen molar-refractivity contribution in [2.45, 2.75) is 31.1 Å². The predicted molar refractivity (Wildman–Crippen MR) is 153 cm³/mol. The molecule has 0 amide bonds. The van der Waals surface area contributed by atoms with E-state index in [2.05, 4.69) is 4.98 Å². The van der Waals surface area contributed by atoms with E-state index in [0.717, 1.165) is 22.9 Å². The Kier molecular flexibility index (Phi) is 9.18. The Labute approximate surface area is 230 Å². The largest absolute Gasteiger partial charge is 0.330 e. The van der Waals surface area contributed by atoms with Gasteiger partial charge in [0.1, 0.15) is 17.1 Å². The van der Waals surface area contributed by atoms with Gasteiger partial charge in [0.05, 0.1) is 13.2 Å². The van der Waals surface area contributed by atoms with Gasteiger partial charge in [0.15, 0.2) is 15.7 Å². The van der Waals surface area contributed by atoms with Crippen molar-refractivity contribution in [3.63, 3.8) is 0 Å². The van der Waals surface area contributed by atoms with E-state index in [-0.39, 0.29) is 31.6 Å². The fraction of sp³-hybridized carbons (Fsp3) is 0.310. The summed E-state index contributed by atoms with van der Waals surface area (Å²) >= 11 is 0. The third kappa shape index (κ3) is 6.23. The van der Waals surface area contributed by atoms with E-state index in [1.165, 1.54) is 0 Å². The lowest BCUT2D eigenvalue weighted by Crippen LogP contribution is -2.38. The highest BCUT2D eigenvalue weighted by molar-refractivity contribution is 7.90. The van der Waals surface area contributed by atoms with E-state index in [1.807, 2.05) is 91.0 Å². The second-order valence-corrected chi connectivity index (χ2v) is 13.7. The molecule has 0 aliphatic rings. The van der Waals surface area contributed by atoms with Gasteiger partial charge >= 0.3 is 7.60 Å². The second-order valence-electron chi connectivity index (χ2n) is 9.14. The minimum absolute atomic E-state index is 0.0366. The van der Waals surface area contributed by atoms with Crippen LogP contribution in [0.2, 0.25) is 0 Å². The van der Waals surface area contributed by atoms with Crippen molar-refractivity contribution in [3.05, 3.63) is 120 Å². The number of hydrogen-bond donors (Lipinski definition) is 0. The molecule has 1 aromatic heterocycles. The molecule has 10 heteroatoms. The minimum Gasteiger partial charge on any atom is -0.309 e. The van der Waals surface area contributed by atoms with Crippen molar-refractivity contribution >= 4 is 17.4 Å². The van der Waals surface area contributed by atoms with E-state index in [1.54, 1.807) is 24.9 Å². The van der Waals surface area contributed by atoms with Crippen molar-refractivity contribution in [3.8, 4) is 0 Å². The molecular formula is C29H34N3O5PS. The van der Waals surface area contributed by atoms with E-state index in [0.29, 0.717) is 0 Å². The Hall–Kier alpha value is -3.10.